The second kappa shape index (κ2) is 7.25. The van der Waals surface area contributed by atoms with Crippen molar-refractivity contribution in [1.82, 2.24) is 4.31 Å². The predicted molar refractivity (Wildman–Crippen MR) is 87.6 cm³/mol. The van der Waals surface area contributed by atoms with E-state index in [4.69, 9.17) is 10.00 Å². The lowest BCUT2D eigenvalue weighted by atomic mass is 10.1. The molecule has 6 nitrogen and oxygen atoms in total. The van der Waals surface area contributed by atoms with Crippen LogP contribution in [0.1, 0.15) is 21.5 Å². The van der Waals surface area contributed by atoms with Crippen molar-refractivity contribution in [1.29, 1.82) is 5.26 Å². The number of rotatable bonds is 5. The molecular formula is C17H16N2O4S. The van der Waals surface area contributed by atoms with Gasteiger partial charge in [-0.3, -0.25) is 0 Å². The molecule has 0 aliphatic carbocycles. The summed E-state index contributed by atoms with van der Waals surface area (Å²) in [4.78, 5) is 12.1. The van der Waals surface area contributed by atoms with Gasteiger partial charge in [-0.1, -0.05) is 18.2 Å². The van der Waals surface area contributed by atoms with E-state index in [1.165, 1.54) is 38.4 Å². The van der Waals surface area contributed by atoms with Crippen molar-refractivity contribution in [2.45, 2.75) is 11.5 Å². The third-order valence-electron chi connectivity index (χ3n) is 3.27. The van der Waals surface area contributed by atoms with Gasteiger partial charge in [0.25, 0.3) is 0 Å². The lowest BCUT2D eigenvalue weighted by Gasteiger charge is -2.12. The highest BCUT2D eigenvalue weighted by Crippen LogP contribution is 2.16. The van der Waals surface area contributed by atoms with Gasteiger partial charge < -0.3 is 4.74 Å². The van der Waals surface area contributed by atoms with E-state index in [9.17, 15) is 13.2 Å². The van der Waals surface area contributed by atoms with Crippen LogP contribution in [0.2, 0.25) is 0 Å². The summed E-state index contributed by atoms with van der Waals surface area (Å²) >= 11 is 0. The lowest BCUT2D eigenvalue weighted by molar-refractivity contribution is 0.0472. The van der Waals surface area contributed by atoms with Crippen molar-refractivity contribution >= 4 is 16.0 Å². The number of sulfonamides is 1. The van der Waals surface area contributed by atoms with E-state index < -0.39 is 16.0 Å². The van der Waals surface area contributed by atoms with E-state index in [1.807, 2.05) is 6.07 Å². The fraction of sp³-hybridized carbons (Fsp3) is 0.176. The molecular weight excluding hydrogens is 328 g/mol. The summed E-state index contributed by atoms with van der Waals surface area (Å²) in [5, 5.41) is 8.85. The molecule has 7 heteroatoms. The van der Waals surface area contributed by atoms with Gasteiger partial charge in [0.2, 0.25) is 10.0 Å². The number of hydrogen-bond donors (Lipinski definition) is 0. The SMILES string of the molecule is CN(C)S(=O)(=O)c1cccc(C(=O)OCc2cccc(C#N)c2)c1. The van der Waals surface area contributed by atoms with Crippen LogP contribution in [0.5, 0.6) is 0 Å². The predicted octanol–water partition coefficient (Wildman–Crippen LogP) is 2.17. The molecule has 2 rings (SSSR count). The van der Waals surface area contributed by atoms with Gasteiger partial charge >= 0.3 is 5.97 Å². The fourth-order valence-corrected chi connectivity index (χ4v) is 2.91. The van der Waals surface area contributed by atoms with Crippen LogP contribution in [0.3, 0.4) is 0 Å². The second-order valence-corrected chi connectivity index (χ2v) is 7.36. The maximum Gasteiger partial charge on any atom is 0.338 e. The number of nitriles is 1. The van der Waals surface area contributed by atoms with Gasteiger partial charge in [0.15, 0.2) is 0 Å². The maximum atomic E-state index is 12.1. The van der Waals surface area contributed by atoms with E-state index in [0.717, 1.165) is 4.31 Å². The Labute approximate surface area is 141 Å². The zero-order valence-corrected chi connectivity index (χ0v) is 14.1. The fourth-order valence-electron chi connectivity index (χ4n) is 1.96. The smallest absolute Gasteiger partial charge is 0.338 e. The van der Waals surface area contributed by atoms with Crippen molar-refractivity contribution in [2.75, 3.05) is 14.1 Å². The van der Waals surface area contributed by atoms with Gasteiger partial charge in [-0.25, -0.2) is 17.5 Å². The van der Waals surface area contributed by atoms with E-state index in [2.05, 4.69) is 0 Å². The molecule has 0 aliphatic rings. The lowest BCUT2D eigenvalue weighted by Crippen LogP contribution is -2.22. The zero-order chi connectivity index (χ0) is 17.7. The number of esters is 1. The first-order valence-electron chi connectivity index (χ1n) is 7.03. The van der Waals surface area contributed by atoms with Gasteiger partial charge in [0.05, 0.1) is 22.1 Å². The summed E-state index contributed by atoms with van der Waals surface area (Å²) < 4.78 is 30.5. The molecule has 0 spiro atoms. The molecule has 0 fully saturated rings. The monoisotopic (exact) mass is 344 g/mol. The van der Waals surface area contributed by atoms with Gasteiger partial charge in [0, 0.05) is 14.1 Å². The van der Waals surface area contributed by atoms with Crippen LogP contribution >= 0.6 is 0 Å². The molecule has 0 heterocycles. The minimum atomic E-state index is -3.62. The summed E-state index contributed by atoms with van der Waals surface area (Å²) in [6, 6.07) is 14.4. The molecule has 0 amide bonds. The van der Waals surface area contributed by atoms with E-state index >= 15 is 0 Å². The van der Waals surface area contributed by atoms with Crippen molar-refractivity contribution in [3.05, 3.63) is 65.2 Å². The van der Waals surface area contributed by atoms with Crippen LogP contribution < -0.4 is 0 Å². The first kappa shape index (κ1) is 17.7. The molecule has 24 heavy (non-hydrogen) atoms. The Morgan fingerprint density at radius 2 is 1.88 bits per heavy atom. The molecule has 0 saturated carbocycles. The normalized spacial score (nSPS) is 11.1. The van der Waals surface area contributed by atoms with Crippen LogP contribution in [0, 0.1) is 11.3 Å². The van der Waals surface area contributed by atoms with Crippen molar-refractivity contribution in [3.8, 4) is 6.07 Å². The Morgan fingerprint density at radius 3 is 2.54 bits per heavy atom. The summed E-state index contributed by atoms with van der Waals surface area (Å²) in [6.07, 6.45) is 0. The Balaban J connectivity index is 2.15. The van der Waals surface area contributed by atoms with Gasteiger partial charge in [0.1, 0.15) is 6.61 Å². The molecule has 0 N–H and O–H groups in total. The molecule has 2 aromatic rings. The Bertz CT molecular complexity index is 899. The third kappa shape index (κ3) is 3.98. The number of hydrogen-bond acceptors (Lipinski definition) is 5. The molecule has 0 atom stereocenters. The molecule has 0 radical (unpaired) electrons. The zero-order valence-electron chi connectivity index (χ0n) is 13.3. The van der Waals surface area contributed by atoms with Crippen molar-refractivity contribution < 1.29 is 17.9 Å². The van der Waals surface area contributed by atoms with Crippen LogP contribution in [0.4, 0.5) is 0 Å². The minimum Gasteiger partial charge on any atom is -0.457 e. The summed E-state index contributed by atoms with van der Waals surface area (Å²) in [5.41, 5.74) is 1.30. The number of ether oxygens (including phenoxy) is 1. The van der Waals surface area contributed by atoms with Crippen molar-refractivity contribution in [3.63, 3.8) is 0 Å². The summed E-state index contributed by atoms with van der Waals surface area (Å²) in [7, 11) is -0.781. The molecule has 0 bridgehead atoms. The highest BCUT2D eigenvalue weighted by Gasteiger charge is 2.19. The molecule has 2 aromatic carbocycles. The van der Waals surface area contributed by atoms with Crippen LogP contribution in [-0.2, 0) is 21.4 Å². The van der Waals surface area contributed by atoms with Gasteiger partial charge in [-0.2, -0.15) is 5.26 Å². The number of benzene rings is 2. The van der Waals surface area contributed by atoms with Crippen LogP contribution in [0.25, 0.3) is 0 Å². The Hall–Kier alpha value is -2.69. The van der Waals surface area contributed by atoms with Crippen molar-refractivity contribution in [2.24, 2.45) is 0 Å². The maximum absolute atomic E-state index is 12.1. The molecule has 0 aliphatic heterocycles. The van der Waals surface area contributed by atoms with Crippen LogP contribution in [0.15, 0.2) is 53.4 Å². The quantitative estimate of drug-likeness (QED) is 0.776. The number of nitrogens with zero attached hydrogens (tertiary/aromatic N) is 2. The summed E-state index contributed by atoms with van der Waals surface area (Å²) in [5.74, 6) is -0.631. The van der Waals surface area contributed by atoms with Crippen LogP contribution in [-0.4, -0.2) is 32.8 Å². The molecule has 124 valence electrons. The topological polar surface area (TPSA) is 87.5 Å². The highest BCUT2D eigenvalue weighted by atomic mass is 32.2. The number of carbonyl (C=O) groups excluding carboxylic acids is 1. The molecule has 0 unspecified atom stereocenters. The van der Waals surface area contributed by atoms with Gasteiger partial charge in [-0.05, 0) is 35.9 Å². The number of carbonyl (C=O) groups is 1. The molecule has 0 saturated heterocycles. The average molecular weight is 344 g/mol. The Kier molecular flexibility index (Phi) is 5.34. The third-order valence-corrected chi connectivity index (χ3v) is 5.09. The highest BCUT2D eigenvalue weighted by molar-refractivity contribution is 7.89. The van der Waals surface area contributed by atoms with E-state index in [-0.39, 0.29) is 17.1 Å². The Morgan fingerprint density at radius 1 is 1.17 bits per heavy atom. The van der Waals surface area contributed by atoms with E-state index in [1.54, 1.807) is 24.3 Å². The standard InChI is InChI=1S/C17H16N2O4S/c1-19(2)24(21,22)16-8-4-7-15(10-16)17(20)23-12-14-6-3-5-13(9-14)11-18/h3-10H,12H2,1-2H3. The largest absolute Gasteiger partial charge is 0.457 e. The summed E-state index contributed by atoms with van der Waals surface area (Å²) in [6.45, 7) is -0.000981. The van der Waals surface area contributed by atoms with E-state index in [0.29, 0.717) is 11.1 Å². The van der Waals surface area contributed by atoms with Gasteiger partial charge in [-0.15, -0.1) is 0 Å². The first-order valence-corrected chi connectivity index (χ1v) is 8.47. The molecule has 0 aromatic heterocycles. The average Bonchev–Trinajstić information content (AvgIpc) is 2.59. The first-order chi connectivity index (χ1) is 11.3. The minimum absolute atomic E-state index is 0.000981. The second-order valence-electron chi connectivity index (χ2n) is 5.20.